The molecule has 1 fully saturated rings. The number of likely N-dealkylation sites (tertiary alicyclic amines) is 1. The van der Waals surface area contributed by atoms with Crippen molar-refractivity contribution in [2.75, 3.05) is 18.4 Å². The number of carbonyl (C=O) groups excluding carboxylic acids is 1. The van der Waals surface area contributed by atoms with Gasteiger partial charge in [-0.25, -0.2) is 4.79 Å². The number of rotatable bonds is 4. The average molecular weight is 350 g/mol. The van der Waals surface area contributed by atoms with Crippen molar-refractivity contribution in [3.8, 4) is 5.75 Å². The van der Waals surface area contributed by atoms with Crippen molar-refractivity contribution in [2.24, 2.45) is 0 Å². The largest absolute Gasteiger partial charge is 0.487 e. The Morgan fingerprint density at radius 2 is 2.29 bits per heavy atom. The number of nitrogens with zero attached hydrogens (tertiary/aromatic N) is 2. The Morgan fingerprint density at radius 1 is 1.50 bits per heavy atom. The minimum absolute atomic E-state index is 0.0649. The van der Waals surface area contributed by atoms with E-state index in [-0.39, 0.29) is 12.1 Å². The van der Waals surface area contributed by atoms with Crippen molar-refractivity contribution >= 4 is 23.3 Å². The number of anilines is 1. The zero-order chi connectivity index (χ0) is 17.1. The number of hydrogen-bond donors (Lipinski definition) is 1. The summed E-state index contributed by atoms with van der Waals surface area (Å²) in [6, 6.07) is 7.19. The summed E-state index contributed by atoms with van der Waals surface area (Å²) in [7, 11) is 0. The van der Waals surface area contributed by atoms with Gasteiger partial charge < -0.3 is 19.5 Å². The molecule has 1 aliphatic heterocycles. The van der Waals surface area contributed by atoms with Crippen molar-refractivity contribution in [3.05, 3.63) is 40.7 Å². The first kappa shape index (κ1) is 16.6. The van der Waals surface area contributed by atoms with Crippen molar-refractivity contribution in [3.63, 3.8) is 0 Å². The Morgan fingerprint density at radius 3 is 3.04 bits per heavy atom. The molecule has 0 radical (unpaired) electrons. The van der Waals surface area contributed by atoms with Crippen molar-refractivity contribution in [1.29, 1.82) is 0 Å². The molecule has 7 heteroatoms. The van der Waals surface area contributed by atoms with E-state index in [4.69, 9.17) is 20.9 Å². The molecule has 0 saturated carbocycles. The van der Waals surface area contributed by atoms with E-state index in [9.17, 15) is 4.79 Å². The van der Waals surface area contributed by atoms with Crippen LogP contribution < -0.4 is 10.1 Å². The number of para-hydroxylation sites is 1. The monoisotopic (exact) mass is 349 g/mol. The molecule has 128 valence electrons. The zero-order valence-electron chi connectivity index (χ0n) is 13.7. The topological polar surface area (TPSA) is 67.6 Å². The third-order valence-electron chi connectivity index (χ3n) is 4.05. The Labute approximate surface area is 145 Å². The standard InChI is InChI=1S/C17H20ClN3O3/c1-3-14-16(11(2)20-24-14)19-17(22)21-9-8-12(10-21)23-15-7-5-4-6-13(15)18/h4-7,12H,3,8-10H2,1-2H3,(H,19,22). The van der Waals surface area contributed by atoms with Crippen molar-refractivity contribution in [1.82, 2.24) is 10.1 Å². The number of aryl methyl sites for hydroxylation is 2. The first-order valence-corrected chi connectivity index (χ1v) is 8.38. The van der Waals surface area contributed by atoms with E-state index in [1.807, 2.05) is 32.0 Å². The van der Waals surface area contributed by atoms with Gasteiger partial charge in [0, 0.05) is 19.4 Å². The summed E-state index contributed by atoms with van der Waals surface area (Å²) in [5, 5.41) is 7.37. The molecule has 3 rings (SSSR count). The number of carbonyl (C=O) groups is 1. The number of benzene rings is 1. The lowest BCUT2D eigenvalue weighted by atomic mass is 10.2. The predicted molar refractivity (Wildman–Crippen MR) is 91.7 cm³/mol. The van der Waals surface area contributed by atoms with Gasteiger partial charge in [0.05, 0.1) is 11.6 Å². The molecule has 24 heavy (non-hydrogen) atoms. The van der Waals surface area contributed by atoms with Gasteiger partial charge in [-0.2, -0.15) is 0 Å². The van der Waals surface area contributed by atoms with Gasteiger partial charge >= 0.3 is 6.03 Å². The molecule has 1 N–H and O–H groups in total. The van der Waals surface area contributed by atoms with E-state index in [0.717, 1.165) is 6.42 Å². The summed E-state index contributed by atoms with van der Waals surface area (Å²) < 4.78 is 11.1. The lowest BCUT2D eigenvalue weighted by Crippen LogP contribution is -2.34. The van der Waals surface area contributed by atoms with Crippen LogP contribution in [0.1, 0.15) is 24.8 Å². The molecule has 1 atom stereocenters. The van der Waals surface area contributed by atoms with Crippen LogP contribution in [0, 0.1) is 6.92 Å². The Bertz CT molecular complexity index is 732. The molecule has 0 spiro atoms. The number of ether oxygens (including phenoxy) is 1. The number of aromatic nitrogens is 1. The van der Waals surface area contributed by atoms with E-state index in [1.165, 1.54) is 0 Å². The maximum absolute atomic E-state index is 12.5. The van der Waals surface area contributed by atoms with E-state index < -0.39 is 0 Å². The normalized spacial score (nSPS) is 17.1. The number of hydrogen-bond acceptors (Lipinski definition) is 4. The van der Waals surface area contributed by atoms with Crippen LogP contribution in [-0.4, -0.2) is 35.3 Å². The van der Waals surface area contributed by atoms with E-state index in [0.29, 0.717) is 47.4 Å². The highest BCUT2D eigenvalue weighted by atomic mass is 35.5. The maximum atomic E-state index is 12.5. The van der Waals surface area contributed by atoms with Gasteiger partial charge in [-0.15, -0.1) is 0 Å². The molecule has 1 aliphatic rings. The highest BCUT2D eigenvalue weighted by Gasteiger charge is 2.29. The summed E-state index contributed by atoms with van der Waals surface area (Å²) in [5.74, 6) is 1.33. The summed E-state index contributed by atoms with van der Waals surface area (Å²) in [6.07, 6.45) is 1.38. The number of urea groups is 1. The fraction of sp³-hybridized carbons (Fsp3) is 0.412. The summed E-state index contributed by atoms with van der Waals surface area (Å²) in [5.41, 5.74) is 1.35. The van der Waals surface area contributed by atoms with Gasteiger partial charge in [0.15, 0.2) is 5.76 Å². The third-order valence-corrected chi connectivity index (χ3v) is 4.36. The highest BCUT2D eigenvalue weighted by Crippen LogP contribution is 2.27. The average Bonchev–Trinajstić information content (AvgIpc) is 3.17. The minimum atomic E-state index is -0.166. The van der Waals surface area contributed by atoms with Gasteiger partial charge in [-0.05, 0) is 19.1 Å². The van der Waals surface area contributed by atoms with Crippen LogP contribution in [0.5, 0.6) is 5.75 Å². The van der Waals surface area contributed by atoms with Crippen LogP contribution >= 0.6 is 11.6 Å². The molecule has 2 amide bonds. The molecular weight excluding hydrogens is 330 g/mol. The van der Waals surface area contributed by atoms with E-state index in [1.54, 1.807) is 11.0 Å². The summed E-state index contributed by atoms with van der Waals surface area (Å²) in [6.45, 7) is 4.92. The number of halogens is 1. The van der Waals surface area contributed by atoms with Crippen LogP contribution in [0.15, 0.2) is 28.8 Å². The van der Waals surface area contributed by atoms with Crippen LogP contribution in [0.3, 0.4) is 0 Å². The van der Waals surface area contributed by atoms with Gasteiger partial charge in [-0.1, -0.05) is 35.8 Å². The van der Waals surface area contributed by atoms with E-state index in [2.05, 4.69) is 10.5 Å². The molecule has 1 aromatic carbocycles. The smallest absolute Gasteiger partial charge is 0.322 e. The van der Waals surface area contributed by atoms with Crippen LogP contribution in [-0.2, 0) is 6.42 Å². The quantitative estimate of drug-likeness (QED) is 0.909. The molecule has 1 saturated heterocycles. The second-order valence-corrected chi connectivity index (χ2v) is 6.16. The lowest BCUT2D eigenvalue weighted by Gasteiger charge is -2.18. The second kappa shape index (κ2) is 7.13. The maximum Gasteiger partial charge on any atom is 0.322 e. The molecule has 6 nitrogen and oxygen atoms in total. The predicted octanol–water partition coefficient (Wildman–Crippen LogP) is 3.88. The molecular formula is C17H20ClN3O3. The molecule has 2 heterocycles. The van der Waals surface area contributed by atoms with Gasteiger partial charge in [0.25, 0.3) is 0 Å². The van der Waals surface area contributed by atoms with Crippen LogP contribution in [0.2, 0.25) is 5.02 Å². The van der Waals surface area contributed by atoms with Crippen LogP contribution in [0.4, 0.5) is 10.5 Å². The van der Waals surface area contributed by atoms with Gasteiger partial charge in [0.2, 0.25) is 0 Å². The second-order valence-electron chi connectivity index (χ2n) is 5.75. The Kier molecular flexibility index (Phi) is 4.94. The first-order valence-electron chi connectivity index (χ1n) is 8.00. The molecule has 0 aliphatic carbocycles. The Hall–Kier alpha value is -2.21. The zero-order valence-corrected chi connectivity index (χ0v) is 14.5. The summed E-state index contributed by atoms with van der Waals surface area (Å²) in [4.78, 5) is 14.2. The summed E-state index contributed by atoms with van der Waals surface area (Å²) >= 11 is 6.11. The number of amides is 2. The molecule has 2 aromatic rings. The van der Waals surface area contributed by atoms with Gasteiger partial charge in [0.1, 0.15) is 23.2 Å². The highest BCUT2D eigenvalue weighted by molar-refractivity contribution is 6.32. The molecule has 1 unspecified atom stereocenters. The SMILES string of the molecule is CCc1onc(C)c1NC(=O)N1CCC(Oc2ccccc2Cl)C1. The van der Waals surface area contributed by atoms with E-state index >= 15 is 0 Å². The first-order chi connectivity index (χ1) is 11.6. The lowest BCUT2D eigenvalue weighted by molar-refractivity contribution is 0.195. The van der Waals surface area contributed by atoms with Crippen LogP contribution in [0.25, 0.3) is 0 Å². The van der Waals surface area contributed by atoms with Crippen molar-refractivity contribution < 1.29 is 14.1 Å². The fourth-order valence-corrected chi connectivity index (χ4v) is 2.91. The van der Waals surface area contributed by atoms with Crippen molar-refractivity contribution in [2.45, 2.75) is 32.8 Å². The fourth-order valence-electron chi connectivity index (χ4n) is 2.73. The Balaban J connectivity index is 1.60. The number of nitrogens with one attached hydrogen (secondary N) is 1. The minimum Gasteiger partial charge on any atom is -0.487 e. The molecule has 0 bridgehead atoms. The molecule has 1 aromatic heterocycles. The van der Waals surface area contributed by atoms with Gasteiger partial charge in [-0.3, -0.25) is 0 Å². The third kappa shape index (κ3) is 3.48.